The van der Waals surface area contributed by atoms with Crippen molar-refractivity contribution in [3.63, 3.8) is 0 Å². The highest BCUT2D eigenvalue weighted by Crippen LogP contribution is 2.14. The smallest absolute Gasteiger partial charge is 0.306 e. The average molecular weight is 948 g/mol. The zero-order chi connectivity index (χ0) is 49.3. The van der Waals surface area contributed by atoms with Gasteiger partial charge in [-0.05, 0) is 116 Å². The Labute approximate surface area is 420 Å². The van der Waals surface area contributed by atoms with Crippen LogP contribution in [0, 0.1) is 0 Å². The molecule has 68 heavy (non-hydrogen) atoms. The van der Waals surface area contributed by atoms with Gasteiger partial charge in [0.05, 0.1) is 0 Å². The minimum atomic E-state index is -0.795. The molecular formula is C62H106O6. The van der Waals surface area contributed by atoms with Crippen molar-refractivity contribution in [2.75, 3.05) is 13.2 Å². The van der Waals surface area contributed by atoms with E-state index in [-0.39, 0.29) is 31.1 Å². The second-order valence-corrected chi connectivity index (χ2v) is 18.8. The normalized spacial score (nSPS) is 12.7. The molecule has 0 aromatic carbocycles. The van der Waals surface area contributed by atoms with E-state index in [1.54, 1.807) is 0 Å². The third-order valence-corrected chi connectivity index (χ3v) is 12.1. The lowest BCUT2D eigenvalue weighted by Crippen LogP contribution is -2.30. The summed E-state index contributed by atoms with van der Waals surface area (Å²) in [5.74, 6) is -0.926. The summed E-state index contributed by atoms with van der Waals surface area (Å²) in [6.07, 6.45) is 72.8. The van der Waals surface area contributed by atoms with E-state index >= 15 is 0 Å². The topological polar surface area (TPSA) is 78.9 Å². The van der Waals surface area contributed by atoms with Crippen LogP contribution >= 0.6 is 0 Å². The van der Waals surface area contributed by atoms with Gasteiger partial charge in [0.2, 0.25) is 0 Å². The number of hydrogen-bond donors (Lipinski definition) is 0. The summed E-state index contributed by atoms with van der Waals surface area (Å²) in [6.45, 7) is 6.48. The number of rotatable bonds is 51. The minimum Gasteiger partial charge on any atom is -0.462 e. The number of esters is 3. The first-order chi connectivity index (χ1) is 33.5. The van der Waals surface area contributed by atoms with Crippen molar-refractivity contribution < 1.29 is 28.6 Å². The van der Waals surface area contributed by atoms with Gasteiger partial charge < -0.3 is 14.2 Å². The molecule has 0 aliphatic heterocycles. The van der Waals surface area contributed by atoms with Gasteiger partial charge in [0, 0.05) is 19.3 Å². The molecule has 0 N–H and O–H groups in total. The van der Waals surface area contributed by atoms with E-state index in [2.05, 4.69) is 106 Å². The summed E-state index contributed by atoms with van der Waals surface area (Å²) in [4.78, 5) is 38.1. The van der Waals surface area contributed by atoms with Crippen LogP contribution in [-0.2, 0) is 28.6 Å². The first-order valence-corrected chi connectivity index (χ1v) is 28.6. The van der Waals surface area contributed by atoms with Gasteiger partial charge in [-0.25, -0.2) is 0 Å². The quantitative estimate of drug-likeness (QED) is 0.0262. The maximum atomic E-state index is 12.8. The van der Waals surface area contributed by atoms with Crippen LogP contribution < -0.4 is 0 Å². The largest absolute Gasteiger partial charge is 0.462 e. The molecule has 0 amide bonds. The molecule has 0 spiro atoms. The van der Waals surface area contributed by atoms with Crippen molar-refractivity contribution in [3.05, 3.63) is 85.1 Å². The summed E-state index contributed by atoms with van der Waals surface area (Å²) in [7, 11) is 0. The molecule has 6 nitrogen and oxygen atoms in total. The maximum absolute atomic E-state index is 12.8. The highest BCUT2D eigenvalue weighted by molar-refractivity contribution is 5.71. The Morgan fingerprint density at radius 2 is 0.574 bits per heavy atom. The Hall–Kier alpha value is -3.41. The molecule has 0 rings (SSSR count). The summed E-state index contributed by atoms with van der Waals surface area (Å²) in [5, 5.41) is 0. The van der Waals surface area contributed by atoms with Crippen molar-refractivity contribution >= 4 is 17.9 Å². The third kappa shape index (κ3) is 53.5. The standard InChI is InChI=1S/C62H106O6/c1-4-7-10-13-16-19-22-25-28-29-30-31-32-33-35-37-40-43-46-49-52-55-61(64)67-58-59(57-66-60(63)54-51-48-45-42-39-36-27-24-21-18-15-12-9-6-3)68-62(65)56-53-50-47-44-41-38-34-26-23-20-17-14-11-8-5-2/h8,11,17,20,22,24-27,29-30,32-34,59H,4-7,9-10,12-16,18-19,21,23,28,31,35-58H2,1-3H3/b11-8-,20-17-,25-22-,27-24-,30-29-,33-32-,34-26-. The fraction of sp³-hybridized carbons (Fsp3) is 0.726. The number of unbranched alkanes of at least 4 members (excludes halogenated alkanes) is 26. The highest BCUT2D eigenvalue weighted by atomic mass is 16.6. The number of ether oxygens (including phenoxy) is 3. The predicted molar refractivity (Wildman–Crippen MR) is 293 cm³/mol. The van der Waals surface area contributed by atoms with Crippen molar-refractivity contribution in [3.8, 4) is 0 Å². The van der Waals surface area contributed by atoms with Crippen LogP contribution in [0.15, 0.2) is 85.1 Å². The Morgan fingerprint density at radius 3 is 0.912 bits per heavy atom. The highest BCUT2D eigenvalue weighted by Gasteiger charge is 2.19. The first kappa shape index (κ1) is 64.6. The van der Waals surface area contributed by atoms with Gasteiger partial charge in [-0.2, -0.15) is 0 Å². The van der Waals surface area contributed by atoms with Crippen LogP contribution in [0.5, 0.6) is 0 Å². The van der Waals surface area contributed by atoms with Crippen LogP contribution in [-0.4, -0.2) is 37.2 Å². The lowest BCUT2D eigenvalue weighted by atomic mass is 10.1. The Kier molecular flexibility index (Phi) is 53.4. The molecule has 1 unspecified atom stereocenters. The molecule has 0 radical (unpaired) electrons. The fourth-order valence-electron chi connectivity index (χ4n) is 7.81. The lowest BCUT2D eigenvalue weighted by Gasteiger charge is -2.18. The number of carbonyl (C=O) groups is 3. The van der Waals surface area contributed by atoms with E-state index in [9.17, 15) is 14.4 Å². The van der Waals surface area contributed by atoms with Crippen molar-refractivity contribution in [2.45, 2.75) is 277 Å². The monoisotopic (exact) mass is 947 g/mol. The second-order valence-electron chi connectivity index (χ2n) is 18.8. The summed E-state index contributed by atoms with van der Waals surface area (Å²) < 4.78 is 16.8. The first-order valence-electron chi connectivity index (χ1n) is 28.6. The van der Waals surface area contributed by atoms with E-state index in [0.29, 0.717) is 19.3 Å². The molecule has 0 aliphatic rings. The van der Waals surface area contributed by atoms with Crippen LogP contribution in [0.1, 0.15) is 271 Å². The molecule has 0 bridgehead atoms. The molecule has 0 aromatic heterocycles. The molecule has 0 fully saturated rings. The van der Waals surface area contributed by atoms with Crippen LogP contribution in [0.4, 0.5) is 0 Å². The zero-order valence-electron chi connectivity index (χ0n) is 44.6. The Morgan fingerprint density at radius 1 is 0.309 bits per heavy atom. The Bertz CT molecular complexity index is 1320. The number of hydrogen-bond acceptors (Lipinski definition) is 6. The van der Waals surface area contributed by atoms with Crippen molar-refractivity contribution in [2.24, 2.45) is 0 Å². The average Bonchev–Trinajstić information content (AvgIpc) is 3.34. The molecule has 0 saturated carbocycles. The van der Waals surface area contributed by atoms with Crippen molar-refractivity contribution in [1.82, 2.24) is 0 Å². The molecule has 390 valence electrons. The maximum Gasteiger partial charge on any atom is 0.306 e. The van der Waals surface area contributed by atoms with E-state index in [1.807, 2.05) is 0 Å². The molecule has 6 heteroatoms. The summed E-state index contributed by atoms with van der Waals surface area (Å²) in [6, 6.07) is 0. The number of carbonyl (C=O) groups excluding carboxylic acids is 3. The van der Waals surface area contributed by atoms with E-state index in [1.165, 1.54) is 109 Å². The SMILES string of the molecule is CC/C=C\C/C=C\C/C=C\CCCCCCCC(=O)OC(COC(=O)CCCCCCC/C=C\CCCCCCC)COC(=O)CCCCCCCC/C=C\C/C=C\C/C=C\CCCCCCC. The van der Waals surface area contributed by atoms with Gasteiger partial charge in [-0.1, -0.05) is 221 Å². The Balaban J connectivity index is 4.42. The van der Waals surface area contributed by atoms with Crippen molar-refractivity contribution in [1.29, 1.82) is 0 Å². The number of allylic oxidation sites excluding steroid dienone is 14. The molecule has 0 aromatic rings. The van der Waals surface area contributed by atoms with Crippen LogP contribution in [0.3, 0.4) is 0 Å². The zero-order valence-corrected chi connectivity index (χ0v) is 44.6. The van der Waals surface area contributed by atoms with Gasteiger partial charge in [0.1, 0.15) is 13.2 Å². The molecular weight excluding hydrogens is 841 g/mol. The van der Waals surface area contributed by atoms with Gasteiger partial charge in [-0.3, -0.25) is 14.4 Å². The van der Waals surface area contributed by atoms with E-state index in [0.717, 1.165) is 122 Å². The lowest BCUT2D eigenvalue weighted by molar-refractivity contribution is -0.167. The molecule has 0 saturated heterocycles. The van der Waals surface area contributed by atoms with Gasteiger partial charge in [0.15, 0.2) is 6.10 Å². The molecule has 1 atom stereocenters. The minimum absolute atomic E-state index is 0.0924. The second kappa shape index (κ2) is 56.2. The van der Waals surface area contributed by atoms with E-state index < -0.39 is 6.10 Å². The van der Waals surface area contributed by atoms with Gasteiger partial charge in [-0.15, -0.1) is 0 Å². The van der Waals surface area contributed by atoms with Gasteiger partial charge in [0.25, 0.3) is 0 Å². The fourth-order valence-corrected chi connectivity index (χ4v) is 7.81. The van der Waals surface area contributed by atoms with Crippen LogP contribution in [0.25, 0.3) is 0 Å². The predicted octanol–water partition coefficient (Wildman–Crippen LogP) is 19.2. The summed E-state index contributed by atoms with van der Waals surface area (Å²) >= 11 is 0. The third-order valence-electron chi connectivity index (χ3n) is 12.1. The van der Waals surface area contributed by atoms with Crippen LogP contribution in [0.2, 0.25) is 0 Å². The van der Waals surface area contributed by atoms with Gasteiger partial charge >= 0.3 is 17.9 Å². The summed E-state index contributed by atoms with van der Waals surface area (Å²) in [5.41, 5.74) is 0. The van der Waals surface area contributed by atoms with E-state index in [4.69, 9.17) is 14.2 Å². The molecule has 0 heterocycles. The molecule has 0 aliphatic carbocycles.